The third-order valence-electron chi connectivity index (χ3n) is 3.81. The lowest BCUT2D eigenvalue weighted by Gasteiger charge is -2.31. The smallest absolute Gasteiger partial charge is 0.220 e. The van der Waals surface area contributed by atoms with Crippen LogP contribution in [0.15, 0.2) is 22.7 Å². The highest BCUT2D eigenvalue weighted by Crippen LogP contribution is 2.32. The zero-order valence-electron chi connectivity index (χ0n) is 11.9. The van der Waals surface area contributed by atoms with E-state index in [4.69, 9.17) is 0 Å². The number of benzene rings is 1. The summed E-state index contributed by atoms with van der Waals surface area (Å²) in [5.41, 5.74) is 2.50. The fourth-order valence-corrected chi connectivity index (χ4v) is 3.48. The van der Waals surface area contributed by atoms with Crippen molar-refractivity contribution in [2.45, 2.75) is 52.0 Å². The first-order chi connectivity index (χ1) is 8.90. The molecule has 1 aliphatic heterocycles. The number of carbonyl (C=O) groups is 1. The molecule has 1 aliphatic rings. The Kier molecular flexibility index (Phi) is 4.34. The van der Waals surface area contributed by atoms with Gasteiger partial charge in [-0.05, 0) is 49.3 Å². The number of halogens is 1. The van der Waals surface area contributed by atoms with E-state index >= 15 is 0 Å². The third kappa shape index (κ3) is 3.59. The molecule has 0 aromatic heterocycles. The fraction of sp³-hybridized carbons (Fsp3) is 0.562. The van der Waals surface area contributed by atoms with Gasteiger partial charge in [0, 0.05) is 16.4 Å². The van der Waals surface area contributed by atoms with Crippen LogP contribution in [0.3, 0.4) is 0 Å². The van der Waals surface area contributed by atoms with E-state index in [1.165, 1.54) is 11.1 Å². The van der Waals surface area contributed by atoms with Gasteiger partial charge in [0.15, 0.2) is 0 Å². The van der Waals surface area contributed by atoms with Gasteiger partial charge in [-0.1, -0.05) is 41.9 Å². The molecule has 0 spiro atoms. The quantitative estimate of drug-likeness (QED) is 0.891. The second-order valence-corrected chi connectivity index (χ2v) is 7.04. The van der Waals surface area contributed by atoms with Gasteiger partial charge in [0.1, 0.15) is 0 Å². The van der Waals surface area contributed by atoms with Crippen molar-refractivity contribution in [2.24, 2.45) is 5.92 Å². The molecule has 0 bridgehead atoms. The highest BCUT2D eigenvalue weighted by molar-refractivity contribution is 9.10. The molecule has 104 valence electrons. The first kappa shape index (κ1) is 14.6. The largest absolute Gasteiger partial charge is 0.350 e. The van der Waals surface area contributed by atoms with Crippen LogP contribution in [0.2, 0.25) is 0 Å². The number of hydrogen-bond acceptors (Lipinski definition) is 1. The maximum Gasteiger partial charge on any atom is 0.220 e. The SMILES string of the molecule is Cc1ccc(CC2(CC(C)C)CCC(=O)N2)cc1Br. The van der Waals surface area contributed by atoms with Gasteiger partial charge in [0.2, 0.25) is 5.91 Å². The van der Waals surface area contributed by atoms with Crippen molar-refractivity contribution in [3.8, 4) is 0 Å². The molecule has 2 nitrogen and oxygen atoms in total. The summed E-state index contributed by atoms with van der Waals surface area (Å²) in [7, 11) is 0. The molecule has 1 atom stereocenters. The second kappa shape index (κ2) is 5.66. The molecule has 3 heteroatoms. The summed E-state index contributed by atoms with van der Waals surface area (Å²) in [6.45, 7) is 6.53. The van der Waals surface area contributed by atoms with Crippen LogP contribution in [0.1, 0.15) is 44.2 Å². The Morgan fingerprint density at radius 1 is 1.42 bits per heavy atom. The van der Waals surface area contributed by atoms with Crippen molar-refractivity contribution in [3.63, 3.8) is 0 Å². The number of amides is 1. The van der Waals surface area contributed by atoms with E-state index in [0.717, 1.165) is 23.7 Å². The minimum absolute atomic E-state index is 0.0417. The summed E-state index contributed by atoms with van der Waals surface area (Å²) in [5.74, 6) is 0.791. The van der Waals surface area contributed by atoms with Crippen LogP contribution in [0, 0.1) is 12.8 Å². The summed E-state index contributed by atoms with van der Waals surface area (Å²) in [6, 6.07) is 6.49. The lowest BCUT2D eigenvalue weighted by molar-refractivity contribution is -0.119. The molecule has 0 saturated carbocycles. The topological polar surface area (TPSA) is 29.1 Å². The number of rotatable bonds is 4. The summed E-state index contributed by atoms with van der Waals surface area (Å²) in [4.78, 5) is 11.6. The predicted molar refractivity (Wildman–Crippen MR) is 82.1 cm³/mol. The normalized spacial score (nSPS) is 22.9. The van der Waals surface area contributed by atoms with Crippen LogP contribution in [0.5, 0.6) is 0 Å². The van der Waals surface area contributed by atoms with E-state index in [0.29, 0.717) is 12.3 Å². The monoisotopic (exact) mass is 323 g/mol. The molecule has 1 fully saturated rings. The molecular formula is C16H22BrNO. The van der Waals surface area contributed by atoms with E-state index in [1.807, 2.05) is 0 Å². The van der Waals surface area contributed by atoms with Gasteiger partial charge in [0.25, 0.3) is 0 Å². The first-order valence-corrected chi connectivity index (χ1v) is 7.75. The molecule has 1 heterocycles. The summed E-state index contributed by atoms with van der Waals surface area (Å²) < 4.78 is 1.15. The van der Waals surface area contributed by atoms with Crippen molar-refractivity contribution in [1.82, 2.24) is 5.32 Å². The van der Waals surface area contributed by atoms with Crippen LogP contribution in [0.4, 0.5) is 0 Å². The molecule has 1 N–H and O–H groups in total. The zero-order chi connectivity index (χ0) is 14.0. The Labute approximate surface area is 124 Å². The van der Waals surface area contributed by atoms with E-state index in [-0.39, 0.29) is 11.4 Å². The van der Waals surface area contributed by atoms with Gasteiger partial charge >= 0.3 is 0 Å². The summed E-state index contributed by atoms with van der Waals surface area (Å²) >= 11 is 3.59. The lowest BCUT2D eigenvalue weighted by Crippen LogP contribution is -2.44. The van der Waals surface area contributed by atoms with Crippen LogP contribution in [-0.4, -0.2) is 11.4 Å². The second-order valence-electron chi connectivity index (χ2n) is 6.19. The van der Waals surface area contributed by atoms with E-state index in [1.54, 1.807) is 0 Å². The average Bonchev–Trinajstić information content (AvgIpc) is 2.64. The van der Waals surface area contributed by atoms with Gasteiger partial charge in [-0.3, -0.25) is 4.79 Å². The fourth-order valence-electron chi connectivity index (χ4n) is 3.05. The van der Waals surface area contributed by atoms with Gasteiger partial charge in [0.05, 0.1) is 0 Å². The number of aryl methyl sites for hydroxylation is 1. The Hall–Kier alpha value is -0.830. The molecule has 0 aliphatic carbocycles. The van der Waals surface area contributed by atoms with Crippen LogP contribution in [-0.2, 0) is 11.2 Å². The van der Waals surface area contributed by atoms with Crippen molar-refractivity contribution in [3.05, 3.63) is 33.8 Å². The highest BCUT2D eigenvalue weighted by atomic mass is 79.9. The number of nitrogens with one attached hydrogen (secondary N) is 1. The minimum atomic E-state index is -0.0417. The predicted octanol–water partition coefficient (Wildman–Crippen LogP) is 3.99. The lowest BCUT2D eigenvalue weighted by atomic mass is 9.82. The minimum Gasteiger partial charge on any atom is -0.350 e. The number of hydrogen-bond donors (Lipinski definition) is 1. The van der Waals surface area contributed by atoms with Crippen molar-refractivity contribution in [1.29, 1.82) is 0 Å². The average molecular weight is 324 g/mol. The van der Waals surface area contributed by atoms with Crippen molar-refractivity contribution >= 4 is 21.8 Å². The molecule has 2 rings (SSSR count). The van der Waals surface area contributed by atoms with E-state index < -0.39 is 0 Å². The molecule has 1 saturated heterocycles. The third-order valence-corrected chi connectivity index (χ3v) is 4.67. The number of carbonyl (C=O) groups excluding carboxylic acids is 1. The van der Waals surface area contributed by atoms with Crippen molar-refractivity contribution < 1.29 is 4.79 Å². The van der Waals surface area contributed by atoms with Crippen LogP contribution >= 0.6 is 15.9 Å². The van der Waals surface area contributed by atoms with E-state index in [9.17, 15) is 4.79 Å². The first-order valence-electron chi connectivity index (χ1n) is 6.96. The molecule has 1 unspecified atom stereocenters. The highest BCUT2D eigenvalue weighted by Gasteiger charge is 2.38. The van der Waals surface area contributed by atoms with Gasteiger partial charge in [-0.15, -0.1) is 0 Å². The van der Waals surface area contributed by atoms with Crippen molar-refractivity contribution in [2.75, 3.05) is 0 Å². The maximum atomic E-state index is 11.6. The van der Waals surface area contributed by atoms with Gasteiger partial charge in [-0.2, -0.15) is 0 Å². The maximum absolute atomic E-state index is 11.6. The van der Waals surface area contributed by atoms with Gasteiger partial charge < -0.3 is 5.32 Å². The molecule has 0 radical (unpaired) electrons. The Balaban J connectivity index is 2.20. The molecule has 1 amide bonds. The standard InChI is InChI=1S/C16H22BrNO/c1-11(2)9-16(7-6-15(19)18-16)10-13-5-4-12(3)14(17)8-13/h4-5,8,11H,6-7,9-10H2,1-3H3,(H,18,19). The van der Waals surface area contributed by atoms with Crippen LogP contribution in [0.25, 0.3) is 0 Å². The summed E-state index contributed by atoms with van der Waals surface area (Å²) in [6.07, 6.45) is 3.59. The Bertz CT molecular complexity index is 484. The molecule has 19 heavy (non-hydrogen) atoms. The van der Waals surface area contributed by atoms with Crippen LogP contribution < -0.4 is 5.32 Å². The molecule has 1 aromatic rings. The molecular weight excluding hydrogens is 302 g/mol. The Morgan fingerprint density at radius 2 is 2.16 bits per heavy atom. The van der Waals surface area contributed by atoms with E-state index in [2.05, 4.69) is 60.2 Å². The Morgan fingerprint density at radius 3 is 2.68 bits per heavy atom. The zero-order valence-corrected chi connectivity index (χ0v) is 13.5. The summed E-state index contributed by atoms with van der Waals surface area (Å²) in [5, 5.41) is 3.23. The molecule has 1 aromatic carbocycles. The van der Waals surface area contributed by atoms with Gasteiger partial charge in [-0.25, -0.2) is 0 Å².